The summed E-state index contributed by atoms with van der Waals surface area (Å²) in [6.07, 6.45) is 6.77. The highest BCUT2D eigenvalue weighted by Gasteiger charge is 2.20. The molecule has 1 N–H and O–H groups in total. The van der Waals surface area contributed by atoms with Gasteiger partial charge in [-0.3, -0.25) is 4.72 Å². The van der Waals surface area contributed by atoms with Gasteiger partial charge in [-0.25, -0.2) is 9.97 Å². The summed E-state index contributed by atoms with van der Waals surface area (Å²) in [4.78, 5) is 11.4. The van der Waals surface area contributed by atoms with Crippen molar-refractivity contribution >= 4 is 57.7 Å². The van der Waals surface area contributed by atoms with E-state index in [9.17, 15) is 5.26 Å². The Kier molecular flexibility index (Phi) is 6.91. The standard InChI is InChI=1S/C25H22Cl2N6OS/c1-35-31-25-29-14-17-4-7-32(15-22(17)30-25)19-2-3-23-16(10-19)5-8-33(23)20-11-18(13-28)24(21(27)12-20)34-9-6-26/h2-3,5,8,10-12,14H,4,6-7,9,15H2,1H3,(H,29,30,31). The number of nitrogens with one attached hydrogen (secondary N) is 1. The Hall–Kier alpha value is -3.12. The van der Waals surface area contributed by atoms with Crippen molar-refractivity contribution in [3.63, 3.8) is 0 Å². The van der Waals surface area contributed by atoms with E-state index >= 15 is 0 Å². The van der Waals surface area contributed by atoms with Gasteiger partial charge < -0.3 is 14.2 Å². The van der Waals surface area contributed by atoms with Crippen LogP contribution in [0.3, 0.4) is 0 Å². The van der Waals surface area contributed by atoms with Crippen molar-refractivity contribution in [3.8, 4) is 17.5 Å². The summed E-state index contributed by atoms with van der Waals surface area (Å²) < 4.78 is 10.7. The van der Waals surface area contributed by atoms with E-state index in [1.807, 2.05) is 23.2 Å². The van der Waals surface area contributed by atoms with Gasteiger partial charge in [0, 0.05) is 42.0 Å². The summed E-state index contributed by atoms with van der Waals surface area (Å²) in [5, 5.41) is 11.1. The fourth-order valence-corrected chi connectivity index (χ4v) is 4.93. The number of ether oxygens (including phenoxy) is 1. The maximum absolute atomic E-state index is 9.62. The van der Waals surface area contributed by atoms with Crippen molar-refractivity contribution in [1.29, 1.82) is 5.26 Å². The monoisotopic (exact) mass is 524 g/mol. The zero-order chi connectivity index (χ0) is 24.4. The van der Waals surface area contributed by atoms with Crippen LogP contribution in [0, 0.1) is 11.3 Å². The number of hydrogen-bond acceptors (Lipinski definition) is 7. The Balaban J connectivity index is 1.44. The summed E-state index contributed by atoms with van der Waals surface area (Å²) in [6.45, 7) is 1.92. The molecule has 5 rings (SSSR count). The molecule has 35 heavy (non-hydrogen) atoms. The molecule has 1 aliphatic heterocycles. The van der Waals surface area contributed by atoms with Crippen LogP contribution in [0.25, 0.3) is 16.6 Å². The van der Waals surface area contributed by atoms with Crippen molar-refractivity contribution in [2.75, 3.05) is 34.9 Å². The highest BCUT2D eigenvalue weighted by molar-refractivity contribution is 7.99. The highest BCUT2D eigenvalue weighted by atomic mass is 35.5. The van der Waals surface area contributed by atoms with E-state index in [0.717, 1.165) is 47.5 Å². The first-order chi connectivity index (χ1) is 17.1. The highest BCUT2D eigenvalue weighted by Crippen LogP contribution is 2.34. The summed E-state index contributed by atoms with van der Waals surface area (Å²) in [7, 11) is 0. The third kappa shape index (κ3) is 4.72. The molecule has 0 unspecified atom stereocenters. The van der Waals surface area contributed by atoms with E-state index < -0.39 is 0 Å². The molecular weight excluding hydrogens is 503 g/mol. The van der Waals surface area contributed by atoms with Gasteiger partial charge in [0.2, 0.25) is 5.95 Å². The molecule has 4 aromatic rings. The third-order valence-electron chi connectivity index (χ3n) is 5.93. The molecule has 0 saturated heterocycles. The van der Waals surface area contributed by atoms with Crippen LogP contribution in [0.4, 0.5) is 11.6 Å². The fourth-order valence-electron chi connectivity index (χ4n) is 4.30. The quantitative estimate of drug-likeness (QED) is 0.241. The van der Waals surface area contributed by atoms with Gasteiger partial charge in [-0.15, -0.1) is 11.6 Å². The number of nitrogens with zero attached hydrogens (tertiary/aromatic N) is 5. The van der Waals surface area contributed by atoms with Crippen molar-refractivity contribution in [3.05, 3.63) is 70.6 Å². The lowest BCUT2D eigenvalue weighted by Crippen LogP contribution is -2.31. The van der Waals surface area contributed by atoms with Gasteiger partial charge in [0.25, 0.3) is 0 Å². The molecule has 0 fully saturated rings. The summed E-state index contributed by atoms with van der Waals surface area (Å²) in [5.41, 5.74) is 5.58. The SMILES string of the molecule is CSNc1ncc2c(n1)CN(c1ccc3c(ccn3-c3cc(Cl)c(OCCCl)c(C#N)c3)c1)CC2. The number of halogens is 2. The van der Waals surface area contributed by atoms with Crippen LogP contribution < -0.4 is 14.4 Å². The zero-order valence-corrected chi connectivity index (χ0v) is 21.3. The topological polar surface area (TPSA) is 79.0 Å². The zero-order valence-electron chi connectivity index (χ0n) is 19.0. The van der Waals surface area contributed by atoms with Gasteiger partial charge >= 0.3 is 0 Å². The molecule has 0 saturated carbocycles. The molecule has 0 aliphatic carbocycles. The van der Waals surface area contributed by atoms with Crippen molar-refractivity contribution < 1.29 is 4.74 Å². The fraction of sp³-hybridized carbons (Fsp3) is 0.240. The van der Waals surface area contributed by atoms with Crippen LogP contribution in [0.5, 0.6) is 5.75 Å². The van der Waals surface area contributed by atoms with Crippen molar-refractivity contribution in [2.45, 2.75) is 13.0 Å². The number of anilines is 2. The lowest BCUT2D eigenvalue weighted by atomic mass is 10.1. The van der Waals surface area contributed by atoms with Gasteiger partial charge in [0.15, 0.2) is 5.75 Å². The minimum Gasteiger partial charge on any atom is -0.489 e. The lowest BCUT2D eigenvalue weighted by Gasteiger charge is -2.30. The summed E-state index contributed by atoms with van der Waals surface area (Å²) in [6, 6.07) is 14.2. The van der Waals surface area contributed by atoms with Crippen LogP contribution in [0.1, 0.15) is 16.8 Å². The molecule has 1 aliphatic rings. The number of fused-ring (bicyclic) bond motifs is 2. The predicted molar refractivity (Wildman–Crippen MR) is 143 cm³/mol. The molecule has 0 atom stereocenters. The Morgan fingerprint density at radius 3 is 2.91 bits per heavy atom. The first kappa shape index (κ1) is 23.6. The van der Waals surface area contributed by atoms with Gasteiger partial charge in [0.1, 0.15) is 12.7 Å². The van der Waals surface area contributed by atoms with Crippen LogP contribution in [-0.2, 0) is 13.0 Å². The lowest BCUT2D eigenvalue weighted by molar-refractivity contribution is 0.342. The number of hydrogen-bond donors (Lipinski definition) is 1. The molecule has 3 heterocycles. The molecule has 0 amide bonds. The maximum atomic E-state index is 9.62. The molecule has 0 radical (unpaired) electrons. The molecule has 7 nitrogen and oxygen atoms in total. The van der Waals surface area contributed by atoms with Crippen molar-refractivity contribution in [2.24, 2.45) is 0 Å². The van der Waals surface area contributed by atoms with Crippen LogP contribution >= 0.6 is 35.1 Å². The van der Waals surface area contributed by atoms with E-state index in [0.29, 0.717) is 28.2 Å². The van der Waals surface area contributed by atoms with Gasteiger partial charge in [-0.2, -0.15) is 5.26 Å². The number of nitriles is 1. The van der Waals surface area contributed by atoms with Gasteiger partial charge in [-0.05, 0) is 48.4 Å². The van der Waals surface area contributed by atoms with Crippen molar-refractivity contribution in [1.82, 2.24) is 14.5 Å². The normalized spacial score (nSPS) is 12.9. The molecular formula is C25H22Cl2N6OS. The second kappa shape index (κ2) is 10.2. The predicted octanol–water partition coefficient (Wildman–Crippen LogP) is 5.82. The minimum absolute atomic E-state index is 0.285. The number of alkyl halides is 1. The average molecular weight is 525 g/mol. The Morgan fingerprint density at radius 2 is 2.11 bits per heavy atom. The van der Waals surface area contributed by atoms with Gasteiger partial charge in [-0.1, -0.05) is 23.5 Å². The molecule has 178 valence electrons. The minimum atomic E-state index is 0.285. The molecule has 0 spiro atoms. The molecule has 2 aromatic carbocycles. The van der Waals surface area contributed by atoms with E-state index in [1.165, 1.54) is 17.5 Å². The average Bonchev–Trinajstić information content (AvgIpc) is 3.30. The number of rotatable bonds is 7. The summed E-state index contributed by atoms with van der Waals surface area (Å²) >= 11 is 13.7. The third-order valence-corrected chi connectivity index (χ3v) is 6.75. The van der Waals surface area contributed by atoms with Crippen LogP contribution in [0.2, 0.25) is 5.02 Å². The Labute approximate surface area is 217 Å². The number of benzene rings is 2. The Bertz CT molecular complexity index is 1430. The van der Waals surface area contributed by atoms with E-state index in [1.54, 1.807) is 12.1 Å². The molecule has 2 aromatic heterocycles. The van der Waals surface area contributed by atoms with E-state index in [-0.39, 0.29) is 6.61 Å². The first-order valence-electron chi connectivity index (χ1n) is 11.0. The second-order valence-electron chi connectivity index (χ2n) is 8.03. The molecule has 0 bridgehead atoms. The molecule has 10 heteroatoms. The largest absolute Gasteiger partial charge is 0.489 e. The first-order valence-corrected chi connectivity index (χ1v) is 13.2. The second-order valence-corrected chi connectivity index (χ2v) is 9.42. The Morgan fingerprint density at radius 1 is 1.23 bits per heavy atom. The smallest absolute Gasteiger partial charge is 0.233 e. The summed E-state index contributed by atoms with van der Waals surface area (Å²) in [5.74, 6) is 1.32. The van der Waals surface area contributed by atoms with E-state index in [2.05, 4.69) is 49.9 Å². The van der Waals surface area contributed by atoms with Gasteiger partial charge in [0.05, 0.1) is 34.2 Å². The van der Waals surface area contributed by atoms with E-state index in [4.69, 9.17) is 27.9 Å². The van der Waals surface area contributed by atoms with Crippen LogP contribution in [-0.4, -0.2) is 39.8 Å². The maximum Gasteiger partial charge on any atom is 0.233 e. The van der Waals surface area contributed by atoms with Crippen LogP contribution in [0.15, 0.2) is 48.8 Å². The number of aromatic nitrogens is 3.